The van der Waals surface area contributed by atoms with Crippen LogP contribution in [-0.4, -0.2) is 55.6 Å². The summed E-state index contributed by atoms with van der Waals surface area (Å²) in [7, 11) is 0.206. The Morgan fingerprint density at radius 1 is 1.23 bits per heavy atom. The van der Waals surface area contributed by atoms with Crippen LogP contribution in [-0.2, 0) is 32.8 Å². The average molecular weight is 452 g/mol. The number of aromatic nitrogens is 3. The molecule has 0 spiro atoms. The van der Waals surface area contributed by atoms with Crippen molar-refractivity contribution in [3.05, 3.63) is 52.0 Å². The average Bonchev–Trinajstić information content (AvgIpc) is 3.08. The molecule has 0 saturated heterocycles. The summed E-state index contributed by atoms with van der Waals surface area (Å²) in [5.74, 6) is 0.257. The number of ether oxygens (including phenoxy) is 2. The highest BCUT2D eigenvalue weighted by atomic mass is 35.5. The van der Waals surface area contributed by atoms with Crippen LogP contribution in [0.2, 0.25) is 5.02 Å². The van der Waals surface area contributed by atoms with Crippen LogP contribution in [0, 0.1) is 0 Å². The second kappa shape index (κ2) is 9.01. The third-order valence-electron chi connectivity index (χ3n) is 4.85. The Kier molecular flexibility index (Phi) is 6.62. The van der Waals surface area contributed by atoms with Crippen LogP contribution in [0.1, 0.15) is 22.6 Å². The summed E-state index contributed by atoms with van der Waals surface area (Å²) < 4.78 is 35.4. The Labute approximate surface area is 179 Å². The van der Waals surface area contributed by atoms with Gasteiger partial charge in [0.15, 0.2) is 0 Å². The highest BCUT2D eigenvalue weighted by molar-refractivity contribution is 7.90. The van der Waals surface area contributed by atoms with E-state index in [4.69, 9.17) is 21.1 Å². The summed E-state index contributed by atoms with van der Waals surface area (Å²) in [4.78, 5) is 10.9. The molecular formula is C20H22ClN3O5S. The summed E-state index contributed by atoms with van der Waals surface area (Å²) in [6.07, 6.45) is 1.48. The minimum Gasteiger partial charge on any atom is -0.494 e. The molecule has 1 aromatic heterocycles. The van der Waals surface area contributed by atoms with Crippen molar-refractivity contribution < 1.29 is 22.7 Å². The fraction of sp³-hybridized carbons (Fsp3) is 0.350. The summed E-state index contributed by atoms with van der Waals surface area (Å²) in [6.45, 7) is 0.483. The minimum absolute atomic E-state index is 0.00886. The zero-order valence-corrected chi connectivity index (χ0v) is 18.4. The van der Waals surface area contributed by atoms with E-state index in [9.17, 15) is 13.2 Å². The van der Waals surface area contributed by atoms with E-state index in [0.29, 0.717) is 34.7 Å². The number of hydrogen-bond acceptors (Lipinski definition) is 7. The maximum absolute atomic E-state index is 11.6. The molecule has 8 nitrogen and oxygen atoms in total. The molecule has 0 saturated carbocycles. The van der Waals surface area contributed by atoms with Crippen LogP contribution in [0.25, 0.3) is 11.0 Å². The molecule has 3 aromatic rings. The van der Waals surface area contributed by atoms with E-state index in [1.807, 2.05) is 24.3 Å². The molecule has 0 aliphatic carbocycles. The van der Waals surface area contributed by atoms with Gasteiger partial charge in [-0.25, -0.2) is 13.1 Å². The lowest BCUT2D eigenvalue weighted by Crippen LogP contribution is -2.11. The molecule has 30 heavy (non-hydrogen) atoms. The quantitative estimate of drug-likeness (QED) is 0.461. The molecule has 0 amide bonds. The third kappa shape index (κ3) is 4.91. The molecule has 1 unspecified atom stereocenters. The third-order valence-corrected chi connectivity index (χ3v) is 6.17. The van der Waals surface area contributed by atoms with E-state index >= 15 is 0 Å². The fourth-order valence-corrected chi connectivity index (χ4v) is 4.15. The van der Waals surface area contributed by atoms with Crippen LogP contribution in [0.5, 0.6) is 5.75 Å². The van der Waals surface area contributed by atoms with Gasteiger partial charge in [0.05, 0.1) is 12.9 Å². The van der Waals surface area contributed by atoms with Gasteiger partial charge < -0.3 is 9.47 Å². The number of nitrogens with zero attached hydrogens (tertiary/aromatic N) is 3. The van der Waals surface area contributed by atoms with E-state index < -0.39 is 9.84 Å². The number of carbonyl (C=O) groups excluding carboxylic acids is 1. The minimum atomic E-state index is -3.13. The number of fused-ring (bicyclic) bond motifs is 1. The first kappa shape index (κ1) is 22.0. The van der Waals surface area contributed by atoms with Crippen molar-refractivity contribution in [3.63, 3.8) is 0 Å². The van der Waals surface area contributed by atoms with Gasteiger partial charge in [0.2, 0.25) is 0 Å². The first-order valence-electron chi connectivity index (χ1n) is 9.12. The maximum Gasteiger partial charge on any atom is 0.293 e. The van der Waals surface area contributed by atoms with Crippen molar-refractivity contribution in [2.24, 2.45) is 7.05 Å². The first-order valence-corrected chi connectivity index (χ1v) is 11.6. The molecule has 0 fully saturated rings. The number of aryl methyl sites for hydroxylation is 2. The molecule has 1 heterocycles. The molecule has 0 N–H and O–H groups in total. The Hall–Kier alpha value is -2.65. The standard InChI is InChI=1S/C20H22ClN3O5S/c1-24-20-18(22-23-24)9-15(10-19(20)28-2)16(11-29-12-25)13-4-5-17(21)14(8-13)6-7-30(3,26)27/h4-5,8-10,12,16H,6-7,11H2,1-3H3. The molecule has 0 radical (unpaired) electrons. The second-order valence-corrected chi connectivity index (χ2v) is 9.68. The zero-order chi connectivity index (χ0) is 21.9. The SMILES string of the molecule is COc1cc(C(COC=O)c2ccc(Cl)c(CCS(C)(=O)=O)c2)cc2nnn(C)c12. The lowest BCUT2D eigenvalue weighted by molar-refractivity contribution is -0.128. The van der Waals surface area contributed by atoms with Crippen LogP contribution in [0.4, 0.5) is 0 Å². The Morgan fingerprint density at radius 2 is 2.00 bits per heavy atom. The van der Waals surface area contributed by atoms with E-state index in [2.05, 4.69) is 10.3 Å². The molecule has 1 atom stereocenters. The fourth-order valence-electron chi connectivity index (χ4n) is 3.35. The lowest BCUT2D eigenvalue weighted by atomic mass is 9.90. The van der Waals surface area contributed by atoms with Gasteiger partial charge in [-0.1, -0.05) is 28.9 Å². The van der Waals surface area contributed by atoms with E-state index in [1.54, 1.807) is 24.9 Å². The zero-order valence-electron chi connectivity index (χ0n) is 16.8. The summed E-state index contributed by atoms with van der Waals surface area (Å²) >= 11 is 6.29. The van der Waals surface area contributed by atoms with Crippen LogP contribution in [0.15, 0.2) is 30.3 Å². The summed E-state index contributed by atoms with van der Waals surface area (Å²) in [6, 6.07) is 9.13. The Morgan fingerprint density at radius 3 is 2.67 bits per heavy atom. The van der Waals surface area contributed by atoms with Crippen LogP contribution in [0.3, 0.4) is 0 Å². The maximum atomic E-state index is 11.6. The van der Waals surface area contributed by atoms with Gasteiger partial charge in [0, 0.05) is 24.2 Å². The van der Waals surface area contributed by atoms with Crippen LogP contribution < -0.4 is 4.74 Å². The molecular weight excluding hydrogens is 430 g/mol. The van der Waals surface area contributed by atoms with Crippen molar-refractivity contribution in [2.45, 2.75) is 12.3 Å². The predicted molar refractivity (Wildman–Crippen MR) is 114 cm³/mol. The van der Waals surface area contributed by atoms with Crippen molar-refractivity contribution in [2.75, 3.05) is 25.7 Å². The van der Waals surface area contributed by atoms with Gasteiger partial charge >= 0.3 is 0 Å². The number of methoxy groups -OCH3 is 1. The normalized spacial score (nSPS) is 12.7. The highest BCUT2D eigenvalue weighted by Gasteiger charge is 2.21. The van der Waals surface area contributed by atoms with Gasteiger partial charge in [-0.2, -0.15) is 0 Å². The van der Waals surface area contributed by atoms with E-state index in [0.717, 1.165) is 16.6 Å². The Balaban J connectivity index is 2.07. The van der Waals surface area contributed by atoms with Gasteiger partial charge in [0.1, 0.15) is 33.2 Å². The molecule has 2 aromatic carbocycles. The van der Waals surface area contributed by atoms with Gasteiger partial charge in [-0.05, 0) is 41.3 Å². The highest BCUT2D eigenvalue weighted by Crippen LogP contribution is 2.34. The smallest absolute Gasteiger partial charge is 0.293 e. The van der Waals surface area contributed by atoms with Crippen molar-refractivity contribution in [1.29, 1.82) is 0 Å². The Bertz CT molecular complexity index is 1180. The molecule has 3 rings (SSSR count). The molecule has 10 heteroatoms. The molecule has 0 aliphatic heterocycles. The van der Waals surface area contributed by atoms with Crippen molar-refractivity contribution in [3.8, 4) is 5.75 Å². The number of rotatable bonds is 9. The number of benzene rings is 2. The van der Waals surface area contributed by atoms with Crippen molar-refractivity contribution in [1.82, 2.24) is 15.0 Å². The summed E-state index contributed by atoms with van der Waals surface area (Å²) in [5.41, 5.74) is 3.76. The van der Waals surface area contributed by atoms with Crippen molar-refractivity contribution >= 4 is 38.9 Å². The van der Waals surface area contributed by atoms with E-state index in [1.165, 1.54) is 6.26 Å². The van der Waals surface area contributed by atoms with Gasteiger partial charge in [-0.15, -0.1) is 5.10 Å². The topological polar surface area (TPSA) is 100 Å². The summed E-state index contributed by atoms with van der Waals surface area (Å²) in [5, 5.41) is 8.69. The van der Waals surface area contributed by atoms with Crippen LogP contribution >= 0.6 is 11.6 Å². The number of carbonyl (C=O) groups is 1. The largest absolute Gasteiger partial charge is 0.494 e. The first-order chi connectivity index (χ1) is 14.2. The molecule has 0 aliphatic rings. The lowest BCUT2D eigenvalue weighted by Gasteiger charge is -2.19. The molecule has 0 bridgehead atoms. The van der Waals surface area contributed by atoms with E-state index in [-0.39, 0.29) is 18.3 Å². The molecule has 160 valence electrons. The number of sulfone groups is 1. The monoisotopic (exact) mass is 451 g/mol. The second-order valence-electron chi connectivity index (χ2n) is 7.02. The van der Waals surface area contributed by atoms with Gasteiger partial charge in [0.25, 0.3) is 6.47 Å². The number of hydrogen-bond donors (Lipinski definition) is 0. The van der Waals surface area contributed by atoms with Gasteiger partial charge in [-0.3, -0.25) is 4.79 Å². The predicted octanol–water partition coefficient (Wildman–Crippen LogP) is 2.52. The number of halogens is 1.